The minimum Gasteiger partial charge on any atom is -0.469 e. The standard InChI is InChI=1S/C15H20ClNO3/c1-3-4-10-17(11-9-14(18)20-2)15(19)12-5-7-13(16)8-6-12/h5-8H,3-4,9-11H2,1-2H3. The fourth-order valence-corrected chi connectivity index (χ4v) is 1.89. The molecular formula is C15H20ClNO3. The van der Waals surface area contributed by atoms with Gasteiger partial charge in [0.1, 0.15) is 0 Å². The molecule has 0 aliphatic heterocycles. The molecule has 0 unspecified atom stereocenters. The number of benzene rings is 1. The van der Waals surface area contributed by atoms with E-state index in [0.29, 0.717) is 23.7 Å². The van der Waals surface area contributed by atoms with Crippen molar-refractivity contribution in [1.29, 1.82) is 0 Å². The Morgan fingerprint density at radius 1 is 1.20 bits per heavy atom. The van der Waals surface area contributed by atoms with Crippen LogP contribution in [0.4, 0.5) is 0 Å². The minimum atomic E-state index is -0.310. The van der Waals surface area contributed by atoms with Gasteiger partial charge in [-0.15, -0.1) is 0 Å². The van der Waals surface area contributed by atoms with Gasteiger partial charge in [0.25, 0.3) is 5.91 Å². The van der Waals surface area contributed by atoms with Gasteiger partial charge in [0.2, 0.25) is 0 Å². The lowest BCUT2D eigenvalue weighted by Crippen LogP contribution is -2.34. The number of carbonyl (C=O) groups excluding carboxylic acids is 2. The van der Waals surface area contributed by atoms with Crippen molar-refractivity contribution in [2.75, 3.05) is 20.2 Å². The predicted octanol–water partition coefficient (Wildman–Crippen LogP) is 3.15. The zero-order valence-corrected chi connectivity index (χ0v) is 12.7. The van der Waals surface area contributed by atoms with E-state index in [4.69, 9.17) is 11.6 Å². The zero-order valence-electron chi connectivity index (χ0n) is 11.9. The van der Waals surface area contributed by atoms with E-state index in [0.717, 1.165) is 12.8 Å². The van der Waals surface area contributed by atoms with Gasteiger partial charge in [-0.3, -0.25) is 9.59 Å². The molecular weight excluding hydrogens is 278 g/mol. The summed E-state index contributed by atoms with van der Waals surface area (Å²) in [4.78, 5) is 25.3. The van der Waals surface area contributed by atoms with E-state index in [1.54, 1.807) is 29.2 Å². The Balaban J connectivity index is 2.72. The highest BCUT2D eigenvalue weighted by molar-refractivity contribution is 6.30. The summed E-state index contributed by atoms with van der Waals surface area (Å²) in [5.74, 6) is -0.394. The van der Waals surface area contributed by atoms with Crippen molar-refractivity contribution in [3.8, 4) is 0 Å². The first kappa shape index (κ1) is 16.5. The molecule has 0 bridgehead atoms. The molecule has 0 atom stereocenters. The van der Waals surface area contributed by atoms with Crippen LogP contribution in [0.1, 0.15) is 36.5 Å². The molecule has 0 saturated carbocycles. The van der Waals surface area contributed by atoms with Crippen molar-refractivity contribution in [2.45, 2.75) is 26.2 Å². The van der Waals surface area contributed by atoms with Crippen LogP contribution in [0.25, 0.3) is 0 Å². The number of hydrogen-bond donors (Lipinski definition) is 0. The highest BCUT2D eigenvalue weighted by Crippen LogP contribution is 2.12. The van der Waals surface area contributed by atoms with E-state index in [-0.39, 0.29) is 18.3 Å². The minimum absolute atomic E-state index is 0.0842. The van der Waals surface area contributed by atoms with Crippen LogP contribution in [-0.2, 0) is 9.53 Å². The Bertz CT molecular complexity index is 445. The number of esters is 1. The Morgan fingerprint density at radius 2 is 1.85 bits per heavy atom. The molecule has 110 valence electrons. The second-order valence-corrected chi connectivity index (χ2v) is 4.92. The first-order chi connectivity index (χ1) is 9.58. The molecule has 1 amide bonds. The van der Waals surface area contributed by atoms with Crippen LogP contribution in [-0.4, -0.2) is 37.0 Å². The molecule has 1 aromatic carbocycles. The van der Waals surface area contributed by atoms with E-state index in [1.165, 1.54) is 7.11 Å². The number of hydrogen-bond acceptors (Lipinski definition) is 3. The maximum atomic E-state index is 12.4. The quantitative estimate of drug-likeness (QED) is 0.726. The summed E-state index contributed by atoms with van der Waals surface area (Å²) in [6.07, 6.45) is 2.10. The molecule has 0 heterocycles. The lowest BCUT2D eigenvalue weighted by molar-refractivity contribution is -0.140. The van der Waals surface area contributed by atoms with Crippen LogP contribution in [0.15, 0.2) is 24.3 Å². The number of rotatable bonds is 7. The van der Waals surface area contributed by atoms with E-state index in [1.807, 2.05) is 0 Å². The van der Waals surface area contributed by atoms with Crippen LogP contribution >= 0.6 is 11.6 Å². The van der Waals surface area contributed by atoms with Crippen molar-refractivity contribution in [3.63, 3.8) is 0 Å². The van der Waals surface area contributed by atoms with E-state index in [9.17, 15) is 9.59 Å². The van der Waals surface area contributed by atoms with Gasteiger partial charge in [-0.05, 0) is 30.7 Å². The molecule has 0 aromatic heterocycles. The largest absolute Gasteiger partial charge is 0.469 e. The molecule has 0 spiro atoms. The highest BCUT2D eigenvalue weighted by atomic mass is 35.5. The Hall–Kier alpha value is -1.55. The van der Waals surface area contributed by atoms with Gasteiger partial charge in [0.05, 0.1) is 13.5 Å². The lowest BCUT2D eigenvalue weighted by atomic mass is 10.2. The third-order valence-corrected chi connectivity index (χ3v) is 3.23. The molecule has 5 heteroatoms. The van der Waals surface area contributed by atoms with E-state index in [2.05, 4.69) is 11.7 Å². The van der Waals surface area contributed by atoms with Gasteiger partial charge in [0.15, 0.2) is 0 Å². The summed E-state index contributed by atoms with van der Waals surface area (Å²) in [5.41, 5.74) is 0.579. The SMILES string of the molecule is CCCCN(CCC(=O)OC)C(=O)c1ccc(Cl)cc1. The molecule has 1 rings (SSSR count). The molecule has 20 heavy (non-hydrogen) atoms. The number of carbonyl (C=O) groups is 2. The van der Waals surface area contributed by atoms with Crippen molar-refractivity contribution in [3.05, 3.63) is 34.9 Å². The monoisotopic (exact) mass is 297 g/mol. The summed E-state index contributed by atoms with van der Waals surface area (Å²) < 4.78 is 4.61. The topological polar surface area (TPSA) is 46.6 Å². The first-order valence-corrected chi connectivity index (χ1v) is 7.08. The lowest BCUT2D eigenvalue weighted by Gasteiger charge is -2.22. The molecule has 0 saturated heterocycles. The van der Waals surface area contributed by atoms with Crippen LogP contribution < -0.4 is 0 Å². The van der Waals surface area contributed by atoms with Gasteiger partial charge < -0.3 is 9.64 Å². The molecule has 4 nitrogen and oxygen atoms in total. The molecule has 1 aromatic rings. The van der Waals surface area contributed by atoms with Gasteiger partial charge in [-0.25, -0.2) is 0 Å². The second kappa shape index (κ2) is 8.59. The number of nitrogens with zero attached hydrogens (tertiary/aromatic N) is 1. The van der Waals surface area contributed by atoms with Gasteiger partial charge in [0, 0.05) is 23.7 Å². The van der Waals surface area contributed by atoms with Crippen molar-refractivity contribution in [2.24, 2.45) is 0 Å². The Labute approximate surface area is 124 Å². The third kappa shape index (κ3) is 5.21. The predicted molar refractivity (Wildman–Crippen MR) is 78.9 cm³/mol. The highest BCUT2D eigenvalue weighted by Gasteiger charge is 2.16. The number of halogens is 1. The maximum absolute atomic E-state index is 12.4. The van der Waals surface area contributed by atoms with Crippen molar-refractivity contribution >= 4 is 23.5 Å². The summed E-state index contributed by atoms with van der Waals surface area (Å²) in [6, 6.07) is 6.77. The summed E-state index contributed by atoms with van der Waals surface area (Å²) >= 11 is 5.81. The Morgan fingerprint density at radius 3 is 2.40 bits per heavy atom. The molecule has 0 aliphatic rings. The molecule has 0 fully saturated rings. The maximum Gasteiger partial charge on any atom is 0.307 e. The average Bonchev–Trinajstić information content (AvgIpc) is 2.47. The second-order valence-electron chi connectivity index (χ2n) is 4.48. The van der Waals surface area contributed by atoms with E-state index < -0.39 is 0 Å². The summed E-state index contributed by atoms with van der Waals surface area (Å²) in [5, 5.41) is 0.594. The molecule has 0 N–H and O–H groups in total. The smallest absolute Gasteiger partial charge is 0.307 e. The van der Waals surface area contributed by atoms with Crippen molar-refractivity contribution in [1.82, 2.24) is 4.90 Å². The number of unbranched alkanes of at least 4 members (excludes halogenated alkanes) is 1. The summed E-state index contributed by atoms with van der Waals surface area (Å²) in [7, 11) is 1.35. The van der Waals surface area contributed by atoms with Gasteiger partial charge in [-0.2, -0.15) is 0 Å². The van der Waals surface area contributed by atoms with E-state index >= 15 is 0 Å². The average molecular weight is 298 g/mol. The van der Waals surface area contributed by atoms with Crippen LogP contribution in [0, 0.1) is 0 Å². The first-order valence-electron chi connectivity index (χ1n) is 6.70. The fraction of sp³-hybridized carbons (Fsp3) is 0.467. The van der Waals surface area contributed by atoms with Gasteiger partial charge in [-0.1, -0.05) is 24.9 Å². The van der Waals surface area contributed by atoms with Crippen molar-refractivity contribution < 1.29 is 14.3 Å². The number of ether oxygens (including phenoxy) is 1. The van der Waals surface area contributed by atoms with Crippen LogP contribution in [0.5, 0.6) is 0 Å². The summed E-state index contributed by atoms with van der Waals surface area (Å²) in [6.45, 7) is 3.06. The molecule has 0 radical (unpaired) electrons. The number of methoxy groups -OCH3 is 1. The zero-order chi connectivity index (χ0) is 15.0. The van der Waals surface area contributed by atoms with Crippen LogP contribution in [0.3, 0.4) is 0 Å². The normalized spacial score (nSPS) is 10.2. The third-order valence-electron chi connectivity index (χ3n) is 2.97. The Kier molecular flexibility index (Phi) is 7.09. The number of amides is 1. The fourth-order valence-electron chi connectivity index (χ4n) is 1.77. The molecule has 0 aliphatic carbocycles. The van der Waals surface area contributed by atoms with Crippen LogP contribution in [0.2, 0.25) is 5.02 Å². The van der Waals surface area contributed by atoms with Gasteiger partial charge >= 0.3 is 5.97 Å².